The molecule has 2 aliphatic heterocycles. The molecule has 26 heavy (non-hydrogen) atoms. The summed E-state index contributed by atoms with van der Waals surface area (Å²) in [4.78, 5) is 18.1. The number of hydrogen-bond acceptors (Lipinski definition) is 3. The summed E-state index contributed by atoms with van der Waals surface area (Å²) in [6.07, 6.45) is 2.55. The van der Waals surface area contributed by atoms with Crippen LogP contribution in [0.2, 0.25) is 0 Å². The summed E-state index contributed by atoms with van der Waals surface area (Å²) < 4.78 is 26.8. The molecule has 1 aromatic carbocycles. The molecule has 0 bridgehead atoms. The molecule has 2 aliphatic rings. The molecule has 0 saturated carbocycles. The van der Waals surface area contributed by atoms with Crippen LogP contribution in [0.1, 0.15) is 29.7 Å². The van der Waals surface area contributed by atoms with Gasteiger partial charge in [0.1, 0.15) is 11.6 Å². The van der Waals surface area contributed by atoms with Crippen LogP contribution in [-0.4, -0.2) is 35.3 Å². The number of benzene rings is 1. The first-order valence-corrected chi connectivity index (χ1v) is 9.87. The van der Waals surface area contributed by atoms with E-state index in [-0.39, 0.29) is 17.9 Å². The number of nitrogens with zero attached hydrogens (tertiary/aromatic N) is 2. The number of rotatable bonds is 4. The normalized spacial score (nSPS) is 20.2. The molecule has 1 aromatic heterocycles. The molecule has 0 atom stereocenters. The highest BCUT2D eigenvalue weighted by Crippen LogP contribution is 2.41. The van der Waals surface area contributed by atoms with Crippen molar-refractivity contribution in [3.05, 3.63) is 57.8 Å². The third kappa shape index (κ3) is 3.81. The lowest BCUT2D eigenvalue weighted by Crippen LogP contribution is -2.41. The van der Waals surface area contributed by atoms with E-state index >= 15 is 0 Å². The van der Waals surface area contributed by atoms with Crippen molar-refractivity contribution in [3.8, 4) is 0 Å². The molecule has 0 aliphatic carbocycles. The second kappa shape index (κ2) is 7.08. The number of piperidine rings is 1. The fourth-order valence-electron chi connectivity index (χ4n) is 4.19. The van der Waals surface area contributed by atoms with Crippen LogP contribution in [0.4, 0.5) is 8.78 Å². The highest BCUT2D eigenvalue weighted by molar-refractivity contribution is 7.09. The Balaban J connectivity index is 1.37. The van der Waals surface area contributed by atoms with Gasteiger partial charge in [-0.15, -0.1) is 11.3 Å². The fraction of sp³-hybridized carbons (Fsp3) is 0.450. The number of hydrogen-bond donors (Lipinski definition) is 0. The van der Waals surface area contributed by atoms with E-state index in [9.17, 15) is 13.6 Å². The molecule has 0 N–H and O–H groups in total. The zero-order valence-corrected chi connectivity index (χ0v) is 15.4. The standard InChI is InChI=1S/C20H22F2N2OS/c21-16-8-15(9-17(22)10-16)12-24-14-20(11-19(24)25)3-5-23(6-4-20)13-18-2-1-7-26-18/h1-2,7-10H,3-6,11-14H2. The van der Waals surface area contributed by atoms with Gasteiger partial charge < -0.3 is 4.90 Å². The van der Waals surface area contributed by atoms with E-state index in [1.165, 1.54) is 17.0 Å². The molecule has 3 nitrogen and oxygen atoms in total. The van der Waals surface area contributed by atoms with Gasteiger partial charge in [0.2, 0.25) is 5.91 Å². The van der Waals surface area contributed by atoms with Crippen LogP contribution in [-0.2, 0) is 17.9 Å². The van der Waals surface area contributed by atoms with Crippen molar-refractivity contribution in [2.24, 2.45) is 5.41 Å². The number of thiophene rings is 1. The first kappa shape index (κ1) is 17.6. The zero-order chi connectivity index (χ0) is 18.1. The smallest absolute Gasteiger partial charge is 0.223 e. The van der Waals surface area contributed by atoms with Crippen molar-refractivity contribution in [1.29, 1.82) is 0 Å². The van der Waals surface area contributed by atoms with Gasteiger partial charge in [-0.3, -0.25) is 9.69 Å². The molecule has 6 heteroatoms. The van der Waals surface area contributed by atoms with Crippen LogP contribution in [0, 0.1) is 17.0 Å². The summed E-state index contributed by atoms with van der Waals surface area (Å²) in [6, 6.07) is 7.72. The quantitative estimate of drug-likeness (QED) is 0.804. The Hall–Kier alpha value is -1.79. The largest absolute Gasteiger partial charge is 0.338 e. The van der Waals surface area contributed by atoms with Crippen molar-refractivity contribution in [2.75, 3.05) is 19.6 Å². The fourth-order valence-corrected chi connectivity index (χ4v) is 4.94. The molecular formula is C20H22F2N2OS. The van der Waals surface area contributed by atoms with Crippen LogP contribution < -0.4 is 0 Å². The predicted octanol–water partition coefficient (Wildman–Crippen LogP) is 4.04. The molecule has 3 heterocycles. The Bertz CT molecular complexity index is 765. The minimum atomic E-state index is -0.594. The van der Waals surface area contributed by atoms with E-state index < -0.39 is 11.6 Å². The van der Waals surface area contributed by atoms with E-state index in [0.717, 1.165) is 38.5 Å². The maximum absolute atomic E-state index is 13.4. The first-order valence-electron chi connectivity index (χ1n) is 8.99. The Morgan fingerprint density at radius 2 is 1.81 bits per heavy atom. The summed E-state index contributed by atoms with van der Waals surface area (Å²) in [7, 11) is 0. The number of halogens is 2. The summed E-state index contributed by atoms with van der Waals surface area (Å²) in [6.45, 7) is 3.94. The maximum Gasteiger partial charge on any atom is 0.223 e. The maximum atomic E-state index is 13.4. The molecule has 2 fully saturated rings. The minimum absolute atomic E-state index is 0.0227. The van der Waals surface area contributed by atoms with Gasteiger partial charge in [-0.25, -0.2) is 8.78 Å². The molecule has 138 valence electrons. The predicted molar refractivity (Wildman–Crippen MR) is 97.7 cm³/mol. The number of amides is 1. The number of likely N-dealkylation sites (tertiary alicyclic amines) is 2. The average molecular weight is 376 g/mol. The molecule has 1 amide bonds. The SMILES string of the molecule is O=C1CC2(CCN(Cc3cccs3)CC2)CN1Cc1cc(F)cc(F)c1. The van der Waals surface area contributed by atoms with Gasteiger partial charge in [0.05, 0.1) is 0 Å². The number of carbonyl (C=O) groups is 1. The molecule has 0 unspecified atom stereocenters. The van der Waals surface area contributed by atoms with E-state index in [1.54, 1.807) is 16.2 Å². The van der Waals surface area contributed by atoms with Gasteiger partial charge in [0, 0.05) is 37.0 Å². The van der Waals surface area contributed by atoms with Gasteiger partial charge in [0.15, 0.2) is 0 Å². The topological polar surface area (TPSA) is 23.6 Å². The van der Waals surface area contributed by atoms with Crippen molar-refractivity contribution >= 4 is 17.2 Å². The molecule has 1 spiro atoms. The van der Waals surface area contributed by atoms with Crippen molar-refractivity contribution < 1.29 is 13.6 Å². The second-order valence-corrected chi connectivity index (χ2v) is 8.59. The van der Waals surface area contributed by atoms with Crippen LogP contribution in [0.3, 0.4) is 0 Å². The molecule has 2 aromatic rings. The van der Waals surface area contributed by atoms with Crippen molar-refractivity contribution in [1.82, 2.24) is 9.80 Å². The van der Waals surface area contributed by atoms with E-state index in [0.29, 0.717) is 18.5 Å². The summed E-state index contributed by atoms with van der Waals surface area (Å²) >= 11 is 1.78. The zero-order valence-electron chi connectivity index (χ0n) is 14.6. The van der Waals surface area contributed by atoms with Gasteiger partial charge in [-0.2, -0.15) is 0 Å². The summed E-state index contributed by atoms with van der Waals surface area (Å²) in [5.74, 6) is -1.09. The lowest BCUT2D eigenvalue weighted by molar-refractivity contribution is -0.128. The molecule has 0 radical (unpaired) electrons. The summed E-state index contributed by atoms with van der Waals surface area (Å²) in [5, 5.41) is 2.10. The first-order chi connectivity index (χ1) is 12.5. The van der Waals surface area contributed by atoms with Crippen molar-refractivity contribution in [2.45, 2.75) is 32.4 Å². The Kier molecular flexibility index (Phi) is 4.80. The Morgan fingerprint density at radius 1 is 1.08 bits per heavy atom. The van der Waals surface area contributed by atoms with E-state index in [4.69, 9.17) is 0 Å². The van der Waals surface area contributed by atoms with Crippen LogP contribution >= 0.6 is 11.3 Å². The molecular weight excluding hydrogens is 354 g/mol. The monoisotopic (exact) mass is 376 g/mol. The Labute approximate surface area is 156 Å². The Morgan fingerprint density at radius 3 is 2.46 bits per heavy atom. The molecule has 4 rings (SSSR count). The highest BCUT2D eigenvalue weighted by Gasteiger charge is 2.44. The lowest BCUT2D eigenvalue weighted by Gasteiger charge is -2.38. The van der Waals surface area contributed by atoms with Gasteiger partial charge in [-0.1, -0.05) is 6.07 Å². The average Bonchev–Trinajstić information content (AvgIpc) is 3.18. The minimum Gasteiger partial charge on any atom is -0.338 e. The van der Waals surface area contributed by atoms with Crippen molar-refractivity contribution in [3.63, 3.8) is 0 Å². The third-order valence-corrected chi connectivity index (χ3v) is 6.44. The van der Waals surface area contributed by atoms with Crippen LogP contribution in [0.15, 0.2) is 35.7 Å². The summed E-state index contributed by atoms with van der Waals surface area (Å²) in [5.41, 5.74) is 0.539. The highest BCUT2D eigenvalue weighted by atomic mass is 32.1. The van der Waals surface area contributed by atoms with Crippen LogP contribution in [0.25, 0.3) is 0 Å². The lowest BCUT2D eigenvalue weighted by atomic mass is 9.77. The number of carbonyl (C=O) groups excluding carboxylic acids is 1. The van der Waals surface area contributed by atoms with Gasteiger partial charge in [0.25, 0.3) is 0 Å². The van der Waals surface area contributed by atoms with Crippen LogP contribution in [0.5, 0.6) is 0 Å². The molecule has 2 saturated heterocycles. The van der Waals surface area contributed by atoms with Gasteiger partial charge >= 0.3 is 0 Å². The van der Waals surface area contributed by atoms with E-state index in [1.807, 2.05) is 0 Å². The second-order valence-electron chi connectivity index (χ2n) is 7.56. The van der Waals surface area contributed by atoms with Gasteiger partial charge in [-0.05, 0) is 60.5 Å². The van der Waals surface area contributed by atoms with E-state index in [2.05, 4.69) is 22.4 Å². The third-order valence-electron chi connectivity index (χ3n) is 5.58.